The molecule has 3 N–H and O–H groups in total. The number of rotatable bonds is 7. The van der Waals surface area contributed by atoms with Crippen molar-refractivity contribution in [2.45, 2.75) is 31.2 Å². The van der Waals surface area contributed by atoms with Crippen LogP contribution in [0.5, 0.6) is 5.75 Å². The predicted molar refractivity (Wildman–Crippen MR) is 75.2 cm³/mol. The summed E-state index contributed by atoms with van der Waals surface area (Å²) < 4.78 is 5.52. The highest BCUT2D eigenvalue weighted by Crippen LogP contribution is 2.28. The molecule has 1 fully saturated rings. The molecule has 110 valence electrons. The summed E-state index contributed by atoms with van der Waals surface area (Å²) in [5.74, 6) is -0.609. The van der Waals surface area contributed by atoms with Crippen LogP contribution in [0.3, 0.4) is 0 Å². The van der Waals surface area contributed by atoms with Gasteiger partial charge < -0.3 is 20.3 Å². The quantitative estimate of drug-likeness (QED) is 0.662. The Morgan fingerprint density at radius 1 is 1.30 bits per heavy atom. The van der Waals surface area contributed by atoms with E-state index in [1.54, 1.807) is 18.2 Å². The Labute approximate surface area is 118 Å². The fourth-order valence-electron chi connectivity index (χ4n) is 2.69. The van der Waals surface area contributed by atoms with Crippen LogP contribution in [0.25, 0.3) is 0 Å². The molecule has 0 bridgehead atoms. The van der Waals surface area contributed by atoms with Crippen LogP contribution in [0.2, 0.25) is 0 Å². The normalized spacial score (nSPS) is 17.1. The van der Waals surface area contributed by atoms with Gasteiger partial charge in [0.25, 0.3) is 0 Å². The van der Waals surface area contributed by atoms with Gasteiger partial charge in [0, 0.05) is 12.1 Å². The van der Waals surface area contributed by atoms with Crippen LogP contribution in [-0.2, 0) is 0 Å². The summed E-state index contributed by atoms with van der Waals surface area (Å²) in [5, 5.41) is 21.9. The molecular formula is C15H21NO4. The minimum atomic E-state index is -0.990. The zero-order chi connectivity index (χ0) is 14.4. The minimum absolute atomic E-state index is 0.138. The molecule has 1 aliphatic carbocycles. The van der Waals surface area contributed by atoms with Gasteiger partial charge in [-0.05, 0) is 25.0 Å². The predicted octanol–water partition coefficient (Wildman–Crippen LogP) is 1.66. The van der Waals surface area contributed by atoms with E-state index in [2.05, 4.69) is 5.32 Å². The number of aliphatic hydroxyl groups excluding tert-OH is 1. The maximum absolute atomic E-state index is 11.0. The highest BCUT2D eigenvalue weighted by atomic mass is 16.5. The van der Waals surface area contributed by atoms with E-state index in [0.29, 0.717) is 18.9 Å². The van der Waals surface area contributed by atoms with Crippen LogP contribution in [0, 0.1) is 0 Å². The molecule has 20 heavy (non-hydrogen) atoms. The van der Waals surface area contributed by atoms with Crippen molar-refractivity contribution in [3.05, 3.63) is 29.8 Å². The third-order valence-electron chi connectivity index (χ3n) is 3.84. The third kappa shape index (κ3) is 3.49. The smallest absolute Gasteiger partial charge is 0.339 e. The monoisotopic (exact) mass is 279 g/mol. The first-order valence-electron chi connectivity index (χ1n) is 6.98. The average Bonchev–Trinajstić information content (AvgIpc) is 2.93. The molecule has 1 aliphatic rings. The molecule has 0 amide bonds. The number of nitrogens with one attached hydrogen (secondary N) is 1. The highest BCUT2D eigenvalue weighted by Gasteiger charge is 2.32. The van der Waals surface area contributed by atoms with Crippen molar-refractivity contribution >= 4 is 5.97 Å². The first-order valence-corrected chi connectivity index (χ1v) is 6.98. The van der Waals surface area contributed by atoms with Crippen molar-refractivity contribution < 1.29 is 19.7 Å². The van der Waals surface area contributed by atoms with E-state index in [1.165, 1.54) is 6.07 Å². The summed E-state index contributed by atoms with van der Waals surface area (Å²) in [7, 11) is 0. The highest BCUT2D eigenvalue weighted by molar-refractivity contribution is 5.90. The average molecular weight is 279 g/mol. The van der Waals surface area contributed by atoms with E-state index in [-0.39, 0.29) is 17.7 Å². The van der Waals surface area contributed by atoms with E-state index in [9.17, 15) is 9.90 Å². The molecule has 0 atom stereocenters. The summed E-state index contributed by atoms with van der Waals surface area (Å²) in [4.78, 5) is 11.0. The first-order chi connectivity index (χ1) is 9.67. The Kier molecular flexibility index (Phi) is 4.98. The van der Waals surface area contributed by atoms with Gasteiger partial charge in [0.05, 0.1) is 6.61 Å². The van der Waals surface area contributed by atoms with Crippen molar-refractivity contribution in [3.8, 4) is 5.75 Å². The van der Waals surface area contributed by atoms with Gasteiger partial charge in [-0.25, -0.2) is 4.79 Å². The maximum atomic E-state index is 11.0. The molecule has 0 aromatic heterocycles. The van der Waals surface area contributed by atoms with Gasteiger partial charge in [0.15, 0.2) is 0 Å². The van der Waals surface area contributed by atoms with Gasteiger partial charge in [0.2, 0.25) is 0 Å². The van der Waals surface area contributed by atoms with Gasteiger partial charge in [-0.3, -0.25) is 0 Å². The number of carboxylic acid groups (broad SMARTS) is 1. The maximum Gasteiger partial charge on any atom is 0.339 e. The zero-order valence-electron chi connectivity index (χ0n) is 11.5. The summed E-state index contributed by atoms with van der Waals surface area (Å²) in [5.41, 5.74) is 0.000560. The second kappa shape index (κ2) is 6.72. The second-order valence-electron chi connectivity index (χ2n) is 5.22. The Morgan fingerprint density at radius 2 is 2.00 bits per heavy atom. The molecule has 5 nitrogen and oxygen atoms in total. The Morgan fingerprint density at radius 3 is 2.65 bits per heavy atom. The van der Waals surface area contributed by atoms with E-state index >= 15 is 0 Å². The zero-order valence-corrected chi connectivity index (χ0v) is 11.5. The van der Waals surface area contributed by atoms with Crippen LogP contribution in [0.15, 0.2) is 24.3 Å². The molecule has 1 aromatic carbocycles. The molecule has 0 saturated heterocycles. The van der Waals surface area contributed by atoms with Crippen LogP contribution in [0.1, 0.15) is 36.0 Å². The Balaban J connectivity index is 1.83. The van der Waals surface area contributed by atoms with Gasteiger partial charge in [-0.2, -0.15) is 0 Å². The van der Waals surface area contributed by atoms with Crippen molar-refractivity contribution in [1.29, 1.82) is 0 Å². The molecule has 0 aliphatic heterocycles. The lowest BCUT2D eigenvalue weighted by Crippen LogP contribution is -2.47. The number of hydrogen-bond donors (Lipinski definition) is 3. The summed E-state index contributed by atoms with van der Waals surface area (Å²) in [6.07, 6.45) is 4.23. The number of ether oxygens (including phenoxy) is 1. The molecule has 0 spiro atoms. The molecule has 5 heteroatoms. The van der Waals surface area contributed by atoms with Crippen LogP contribution in [0.4, 0.5) is 0 Å². The second-order valence-corrected chi connectivity index (χ2v) is 5.22. The van der Waals surface area contributed by atoms with Crippen LogP contribution in [-0.4, -0.2) is 41.5 Å². The van der Waals surface area contributed by atoms with Crippen molar-refractivity contribution in [2.24, 2.45) is 0 Å². The van der Waals surface area contributed by atoms with E-state index in [4.69, 9.17) is 9.84 Å². The van der Waals surface area contributed by atoms with Gasteiger partial charge >= 0.3 is 5.97 Å². The lowest BCUT2D eigenvalue weighted by molar-refractivity contribution is 0.0692. The molecule has 0 radical (unpaired) electrons. The lowest BCUT2D eigenvalue weighted by Gasteiger charge is -2.28. The standard InChI is InChI=1S/C15H21NO4/c17-11-15(7-3-4-8-15)16-9-10-20-13-6-2-1-5-12(13)14(18)19/h1-2,5-6,16-17H,3-4,7-11H2,(H,18,19). The fourth-order valence-corrected chi connectivity index (χ4v) is 2.69. The van der Waals surface area contributed by atoms with Gasteiger partial charge in [0.1, 0.15) is 17.9 Å². The minimum Gasteiger partial charge on any atom is -0.491 e. The number of aromatic carboxylic acids is 1. The number of para-hydroxylation sites is 1. The van der Waals surface area contributed by atoms with E-state index < -0.39 is 5.97 Å². The Bertz CT molecular complexity index is 455. The van der Waals surface area contributed by atoms with Crippen LogP contribution >= 0.6 is 0 Å². The fraction of sp³-hybridized carbons (Fsp3) is 0.533. The van der Waals surface area contributed by atoms with E-state index in [1.807, 2.05) is 0 Å². The van der Waals surface area contributed by atoms with Gasteiger partial charge in [-0.1, -0.05) is 25.0 Å². The molecule has 0 unspecified atom stereocenters. The van der Waals surface area contributed by atoms with Crippen molar-refractivity contribution in [3.63, 3.8) is 0 Å². The molecule has 0 heterocycles. The number of benzene rings is 1. The first kappa shape index (κ1) is 14.8. The summed E-state index contributed by atoms with van der Waals surface area (Å²) in [6.45, 7) is 1.11. The van der Waals surface area contributed by atoms with E-state index in [0.717, 1.165) is 25.7 Å². The number of hydrogen-bond acceptors (Lipinski definition) is 4. The summed E-state index contributed by atoms with van der Waals surface area (Å²) >= 11 is 0. The van der Waals surface area contributed by atoms with Crippen molar-refractivity contribution in [1.82, 2.24) is 5.32 Å². The molecule has 2 rings (SSSR count). The SMILES string of the molecule is O=C(O)c1ccccc1OCCNC1(CO)CCCC1. The molecular weight excluding hydrogens is 258 g/mol. The summed E-state index contributed by atoms with van der Waals surface area (Å²) in [6, 6.07) is 6.60. The third-order valence-corrected chi connectivity index (χ3v) is 3.84. The topological polar surface area (TPSA) is 78.8 Å². The molecule has 1 saturated carbocycles. The Hall–Kier alpha value is -1.59. The number of aliphatic hydroxyl groups is 1. The lowest BCUT2D eigenvalue weighted by atomic mass is 9.99. The van der Waals surface area contributed by atoms with Crippen molar-refractivity contribution in [2.75, 3.05) is 19.8 Å². The molecule has 1 aromatic rings. The van der Waals surface area contributed by atoms with Gasteiger partial charge in [-0.15, -0.1) is 0 Å². The number of carboxylic acids is 1. The number of carbonyl (C=O) groups is 1. The largest absolute Gasteiger partial charge is 0.491 e. The van der Waals surface area contributed by atoms with Crippen LogP contribution < -0.4 is 10.1 Å².